The number of nitrogens with one attached hydrogen (secondary N) is 1. The predicted octanol–water partition coefficient (Wildman–Crippen LogP) is 5.00. The first kappa shape index (κ1) is 22.9. The molecule has 1 heterocycles. The van der Waals surface area contributed by atoms with Gasteiger partial charge in [-0.2, -0.15) is 0 Å². The number of hydrogen-bond donors (Lipinski definition) is 1. The summed E-state index contributed by atoms with van der Waals surface area (Å²) in [4.78, 5) is 14.8. The summed E-state index contributed by atoms with van der Waals surface area (Å²) in [5.74, 6) is 0.538. The number of benzene rings is 3. The van der Waals surface area contributed by atoms with E-state index in [-0.39, 0.29) is 10.8 Å². The number of carbonyl (C=O) groups excluding carboxylic acids is 1. The molecular formula is C26H28N2O4S. The van der Waals surface area contributed by atoms with Gasteiger partial charge in [0, 0.05) is 24.3 Å². The molecule has 33 heavy (non-hydrogen) atoms. The van der Waals surface area contributed by atoms with Crippen LogP contribution in [0.25, 0.3) is 0 Å². The molecule has 0 radical (unpaired) electrons. The van der Waals surface area contributed by atoms with Gasteiger partial charge in [-0.3, -0.25) is 9.52 Å². The van der Waals surface area contributed by atoms with E-state index in [1.165, 1.54) is 12.1 Å². The van der Waals surface area contributed by atoms with E-state index in [0.717, 1.165) is 30.4 Å². The maximum atomic E-state index is 13.0. The van der Waals surface area contributed by atoms with Crippen molar-refractivity contribution in [2.45, 2.75) is 37.7 Å². The fourth-order valence-corrected chi connectivity index (χ4v) is 4.92. The Bertz CT molecular complexity index is 1200. The lowest BCUT2D eigenvalue weighted by Gasteiger charge is -2.27. The standard InChI is InChI=1S/C26H28N2O4S/c1-20-10-15-24(18-25(20)26(29)28-16-6-3-7-17-28)33(30,31)27-22-11-13-23(14-12-22)32-19-21-8-4-2-5-9-21/h2,4-5,8-15,18,27H,3,6-7,16-17,19H2,1H3. The fourth-order valence-electron chi connectivity index (χ4n) is 3.84. The minimum Gasteiger partial charge on any atom is -0.489 e. The average molecular weight is 465 g/mol. The molecule has 0 atom stereocenters. The van der Waals surface area contributed by atoms with Crippen molar-refractivity contribution in [2.24, 2.45) is 0 Å². The molecule has 0 spiro atoms. The zero-order valence-electron chi connectivity index (χ0n) is 18.7. The summed E-state index contributed by atoms with van der Waals surface area (Å²) in [6, 6.07) is 21.3. The minimum absolute atomic E-state index is 0.0675. The molecule has 1 aliphatic rings. The number of piperidine rings is 1. The molecule has 0 bridgehead atoms. The van der Waals surface area contributed by atoms with Gasteiger partial charge in [0.15, 0.2) is 0 Å². The number of sulfonamides is 1. The van der Waals surface area contributed by atoms with Crippen molar-refractivity contribution in [1.82, 2.24) is 4.90 Å². The zero-order chi connectivity index (χ0) is 23.3. The topological polar surface area (TPSA) is 75.7 Å². The Morgan fingerprint density at radius 1 is 0.939 bits per heavy atom. The number of hydrogen-bond acceptors (Lipinski definition) is 4. The van der Waals surface area contributed by atoms with Crippen LogP contribution >= 0.6 is 0 Å². The molecule has 3 aromatic carbocycles. The van der Waals surface area contributed by atoms with E-state index in [4.69, 9.17) is 4.74 Å². The number of aryl methyl sites for hydroxylation is 1. The first-order chi connectivity index (χ1) is 15.9. The maximum absolute atomic E-state index is 13.0. The molecule has 1 saturated heterocycles. The largest absolute Gasteiger partial charge is 0.489 e. The van der Waals surface area contributed by atoms with E-state index < -0.39 is 10.0 Å². The molecule has 1 N–H and O–H groups in total. The molecular weight excluding hydrogens is 436 g/mol. The van der Waals surface area contributed by atoms with Crippen molar-refractivity contribution >= 4 is 21.6 Å². The third-order valence-electron chi connectivity index (χ3n) is 5.75. The van der Waals surface area contributed by atoms with E-state index in [9.17, 15) is 13.2 Å². The van der Waals surface area contributed by atoms with Gasteiger partial charge in [0.25, 0.3) is 15.9 Å². The lowest BCUT2D eigenvalue weighted by molar-refractivity contribution is 0.0723. The monoisotopic (exact) mass is 464 g/mol. The second-order valence-corrected chi connectivity index (χ2v) is 9.92. The van der Waals surface area contributed by atoms with E-state index >= 15 is 0 Å². The summed E-state index contributed by atoms with van der Waals surface area (Å²) in [5.41, 5.74) is 2.68. The average Bonchev–Trinajstić information content (AvgIpc) is 2.84. The SMILES string of the molecule is Cc1ccc(S(=O)(=O)Nc2ccc(OCc3ccccc3)cc2)cc1C(=O)N1CCCCC1. The highest BCUT2D eigenvalue weighted by Gasteiger charge is 2.23. The molecule has 3 aromatic rings. The Morgan fingerprint density at radius 3 is 2.33 bits per heavy atom. The van der Waals surface area contributed by atoms with Crippen LogP contribution in [0.1, 0.15) is 40.7 Å². The number of carbonyl (C=O) groups is 1. The number of likely N-dealkylation sites (tertiary alicyclic amines) is 1. The Morgan fingerprint density at radius 2 is 1.64 bits per heavy atom. The first-order valence-corrected chi connectivity index (χ1v) is 12.6. The predicted molar refractivity (Wildman–Crippen MR) is 129 cm³/mol. The van der Waals surface area contributed by atoms with E-state index in [1.807, 2.05) is 42.2 Å². The summed E-state index contributed by atoms with van der Waals surface area (Å²) >= 11 is 0. The van der Waals surface area contributed by atoms with Crippen LogP contribution in [0, 0.1) is 6.92 Å². The van der Waals surface area contributed by atoms with Crippen LogP contribution in [0.2, 0.25) is 0 Å². The molecule has 0 unspecified atom stereocenters. The van der Waals surface area contributed by atoms with E-state index in [0.29, 0.717) is 36.7 Å². The van der Waals surface area contributed by atoms with Gasteiger partial charge in [0.1, 0.15) is 12.4 Å². The normalized spacial score (nSPS) is 14.0. The van der Waals surface area contributed by atoms with Gasteiger partial charge in [0.05, 0.1) is 4.90 Å². The number of nitrogens with zero attached hydrogens (tertiary/aromatic N) is 1. The van der Waals surface area contributed by atoms with Gasteiger partial charge in [-0.05, 0) is 73.7 Å². The molecule has 1 amide bonds. The van der Waals surface area contributed by atoms with Crippen LogP contribution in [-0.2, 0) is 16.6 Å². The minimum atomic E-state index is -3.85. The molecule has 0 aromatic heterocycles. The highest BCUT2D eigenvalue weighted by molar-refractivity contribution is 7.92. The number of anilines is 1. The number of rotatable bonds is 7. The fraction of sp³-hybridized carbons (Fsp3) is 0.269. The van der Waals surface area contributed by atoms with Crippen molar-refractivity contribution in [2.75, 3.05) is 17.8 Å². The summed E-state index contributed by atoms with van der Waals surface area (Å²) < 4.78 is 34.3. The van der Waals surface area contributed by atoms with Gasteiger partial charge in [-0.15, -0.1) is 0 Å². The van der Waals surface area contributed by atoms with Crippen LogP contribution in [0.5, 0.6) is 5.75 Å². The van der Waals surface area contributed by atoms with Gasteiger partial charge in [-0.1, -0.05) is 36.4 Å². The van der Waals surface area contributed by atoms with Crippen LogP contribution < -0.4 is 9.46 Å². The molecule has 6 nitrogen and oxygen atoms in total. The van der Waals surface area contributed by atoms with E-state index in [1.54, 1.807) is 30.3 Å². The van der Waals surface area contributed by atoms with Gasteiger partial charge in [-0.25, -0.2) is 8.42 Å². The first-order valence-electron chi connectivity index (χ1n) is 11.1. The number of ether oxygens (including phenoxy) is 1. The van der Waals surface area contributed by atoms with Crippen LogP contribution in [-0.4, -0.2) is 32.3 Å². The third kappa shape index (κ3) is 5.73. The summed E-state index contributed by atoms with van der Waals surface area (Å²) in [5, 5.41) is 0. The molecule has 1 fully saturated rings. The lowest BCUT2D eigenvalue weighted by atomic mass is 10.1. The summed E-state index contributed by atoms with van der Waals surface area (Å²) in [7, 11) is -3.85. The molecule has 0 saturated carbocycles. The van der Waals surface area contributed by atoms with E-state index in [2.05, 4.69) is 4.72 Å². The summed E-state index contributed by atoms with van der Waals surface area (Å²) in [6.45, 7) is 3.69. The maximum Gasteiger partial charge on any atom is 0.261 e. The molecule has 172 valence electrons. The van der Waals surface area contributed by atoms with Crippen LogP contribution in [0.15, 0.2) is 77.7 Å². The second-order valence-electron chi connectivity index (χ2n) is 8.23. The van der Waals surface area contributed by atoms with Crippen molar-refractivity contribution in [3.05, 3.63) is 89.5 Å². The lowest BCUT2D eigenvalue weighted by Crippen LogP contribution is -2.36. The molecule has 0 aliphatic carbocycles. The third-order valence-corrected chi connectivity index (χ3v) is 7.13. The van der Waals surface area contributed by atoms with Crippen molar-refractivity contribution in [3.63, 3.8) is 0 Å². The smallest absolute Gasteiger partial charge is 0.261 e. The Kier molecular flexibility index (Phi) is 6.99. The summed E-state index contributed by atoms with van der Waals surface area (Å²) in [6.07, 6.45) is 3.09. The number of amides is 1. The van der Waals surface area contributed by atoms with Gasteiger partial charge < -0.3 is 9.64 Å². The quantitative estimate of drug-likeness (QED) is 0.534. The Hall–Kier alpha value is -3.32. The van der Waals surface area contributed by atoms with Gasteiger partial charge >= 0.3 is 0 Å². The zero-order valence-corrected chi connectivity index (χ0v) is 19.5. The van der Waals surface area contributed by atoms with Crippen molar-refractivity contribution in [1.29, 1.82) is 0 Å². The van der Waals surface area contributed by atoms with Crippen molar-refractivity contribution in [3.8, 4) is 5.75 Å². The Labute approximate surface area is 195 Å². The highest BCUT2D eigenvalue weighted by Crippen LogP contribution is 2.23. The van der Waals surface area contributed by atoms with Gasteiger partial charge in [0.2, 0.25) is 0 Å². The van der Waals surface area contributed by atoms with Crippen molar-refractivity contribution < 1.29 is 17.9 Å². The second kappa shape index (κ2) is 10.1. The highest BCUT2D eigenvalue weighted by atomic mass is 32.2. The Balaban J connectivity index is 1.45. The molecule has 7 heteroatoms. The molecule has 4 rings (SSSR count). The molecule has 1 aliphatic heterocycles. The van der Waals surface area contributed by atoms with Crippen LogP contribution in [0.3, 0.4) is 0 Å². The van der Waals surface area contributed by atoms with Crippen LogP contribution in [0.4, 0.5) is 5.69 Å².